The second kappa shape index (κ2) is 11.8. The Balaban J connectivity index is 2.02. The van der Waals surface area contributed by atoms with Crippen molar-refractivity contribution in [1.82, 2.24) is 0 Å². The fourth-order valence-electron chi connectivity index (χ4n) is 3.52. The van der Waals surface area contributed by atoms with Gasteiger partial charge in [0.25, 0.3) is 0 Å². The van der Waals surface area contributed by atoms with Crippen molar-refractivity contribution in [1.29, 1.82) is 0 Å². The van der Waals surface area contributed by atoms with Crippen LogP contribution in [0.2, 0.25) is 0 Å². The lowest BCUT2D eigenvalue weighted by Crippen LogP contribution is -2.47. The summed E-state index contributed by atoms with van der Waals surface area (Å²) < 4.78 is 61.6. The van der Waals surface area contributed by atoms with Gasteiger partial charge in [-0.1, -0.05) is 35.4 Å². The molecule has 0 aliphatic rings. The van der Waals surface area contributed by atoms with Crippen LogP contribution in [0.4, 0.5) is 13.2 Å². The maximum Gasteiger partial charge on any atom is 0.494 e. The van der Waals surface area contributed by atoms with Gasteiger partial charge in [-0.2, -0.15) is 13.2 Å². The van der Waals surface area contributed by atoms with Gasteiger partial charge in [0.15, 0.2) is 0 Å². The van der Waals surface area contributed by atoms with Crippen molar-refractivity contribution >= 4 is 8.69 Å². The summed E-state index contributed by atoms with van der Waals surface area (Å²) in [7, 11) is -1.02. The van der Waals surface area contributed by atoms with Crippen LogP contribution in [0.5, 0.6) is 5.75 Å². The van der Waals surface area contributed by atoms with Crippen molar-refractivity contribution in [2.45, 2.75) is 51.2 Å². The molecule has 0 spiro atoms. The van der Waals surface area contributed by atoms with E-state index in [0.717, 1.165) is 22.8 Å². The smallest absolute Gasteiger partial charge is 0.493 e. The Kier molecular flexibility index (Phi) is 9.64. The number of rotatable bonds is 12. The lowest BCUT2D eigenvalue weighted by molar-refractivity contribution is -0.139. The molecule has 32 heavy (non-hydrogen) atoms. The topological polar surface area (TPSA) is 81.8 Å². The highest BCUT2D eigenvalue weighted by Gasteiger charge is 2.35. The van der Waals surface area contributed by atoms with Gasteiger partial charge in [-0.15, -0.1) is 4.52 Å². The largest absolute Gasteiger partial charge is 0.494 e. The lowest BCUT2D eigenvalue weighted by Gasteiger charge is -2.24. The van der Waals surface area contributed by atoms with Crippen molar-refractivity contribution in [3.63, 3.8) is 0 Å². The minimum Gasteiger partial charge on any atom is -0.493 e. The van der Waals surface area contributed by atoms with Gasteiger partial charge in [0.2, 0.25) is 0 Å². The first-order valence-corrected chi connectivity index (χ1v) is 11.2. The van der Waals surface area contributed by atoms with E-state index in [4.69, 9.17) is 15.0 Å². The Bertz CT molecular complexity index is 887. The summed E-state index contributed by atoms with van der Waals surface area (Å²) in [6.07, 6.45) is -2.90. The van der Waals surface area contributed by atoms with E-state index in [-0.39, 0.29) is 31.8 Å². The third-order valence-electron chi connectivity index (χ3n) is 5.14. The fraction of sp³-hybridized carbons (Fsp3) is 0.478. The fourth-order valence-corrected chi connectivity index (χ4v) is 3.86. The number of hydrogen-bond donors (Lipinski definition) is 2. The molecular formula is C23H30F3NO4P+. The SMILES string of the molecule is Cc1cc(C)cc(CCCOc2ccc(CCC(N)(CO)CO[PH+]=O)cc2C(F)(F)F)c1. The minimum absolute atomic E-state index is 0.154. The Morgan fingerprint density at radius 3 is 2.31 bits per heavy atom. The molecule has 9 heteroatoms. The summed E-state index contributed by atoms with van der Waals surface area (Å²) in [6.45, 7) is 3.59. The minimum atomic E-state index is -4.57. The summed E-state index contributed by atoms with van der Waals surface area (Å²) in [5.41, 5.74) is 7.80. The quantitative estimate of drug-likeness (QED) is 0.339. The van der Waals surface area contributed by atoms with E-state index in [9.17, 15) is 22.8 Å². The van der Waals surface area contributed by atoms with Gasteiger partial charge in [0.1, 0.15) is 12.4 Å². The van der Waals surface area contributed by atoms with Gasteiger partial charge in [0.05, 0.1) is 24.3 Å². The van der Waals surface area contributed by atoms with Crippen molar-refractivity contribution in [3.8, 4) is 5.75 Å². The van der Waals surface area contributed by atoms with Gasteiger partial charge < -0.3 is 15.6 Å². The van der Waals surface area contributed by atoms with E-state index in [2.05, 4.69) is 18.2 Å². The third-order valence-corrected chi connectivity index (χ3v) is 5.41. The Labute approximate surface area is 188 Å². The number of nitrogens with two attached hydrogens (primary N) is 1. The number of halogens is 3. The monoisotopic (exact) mass is 472 g/mol. The number of ether oxygens (including phenoxy) is 1. The molecule has 0 saturated heterocycles. The normalized spacial score (nSPS) is 13.8. The summed E-state index contributed by atoms with van der Waals surface area (Å²) in [5.74, 6) is -0.210. The van der Waals surface area contributed by atoms with Crippen LogP contribution in [0, 0.1) is 13.8 Å². The molecule has 176 valence electrons. The zero-order valence-corrected chi connectivity index (χ0v) is 19.3. The van der Waals surface area contributed by atoms with Gasteiger partial charge in [-0.25, -0.2) is 0 Å². The van der Waals surface area contributed by atoms with Crippen LogP contribution >= 0.6 is 8.69 Å². The van der Waals surface area contributed by atoms with Gasteiger partial charge in [-0.3, -0.25) is 0 Å². The first kappa shape index (κ1) is 26.3. The Morgan fingerprint density at radius 1 is 1.03 bits per heavy atom. The molecule has 0 heterocycles. The van der Waals surface area contributed by atoms with Crippen LogP contribution in [0.15, 0.2) is 36.4 Å². The van der Waals surface area contributed by atoms with Crippen LogP contribution < -0.4 is 10.5 Å². The van der Waals surface area contributed by atoms with Gasteiger partial charge >= 0.3 is 14.9 Å². The molecule has 0 saturated carbocycles. The summed E-state index contributed by atoms with van der Waals surface area (Å²) in [5, 5.41) is 9.45. The lowest BCUT2D eigenvalue weighted by atomic mass is 9.93. The third kappa shape index (κ3) is 8.17. The average Bonchev–Trinajstić information content (AvgIpc) is 2.73. The van der Waals surface area contributed by atoms with Gasteiger partial charge in [0, 0.05) is 0 Å². The summed E-state index contributed by atoms with van der Waals surface area (Å²) in [4.78, 5) is 0. The van der Waals surface area contributed by atoms with Crippen LogP contribution in [0.25, 0.3) is 0 Å². The highest BCUT2D eigenvalue weighted by molar-refractivity contribution is 7.17. The van der Waals surface area contributed by atoms with Gasteiger partial charge in [-0.05, 0) is 67.4 Å². The van der Waals surface area contributed by atoms with E-state index in [1.807, 2.05) is 13.8 Å². The zero-order chi connectivity index (χ0) is 23.8. The summed E-state index contributed by atoms with van der Waals surface area (Å²) >= 11 is 0. The molecule has 0 bridgehead atoms. The number of aliphatic hydroxyl groups excluding tert-OH is 1. The first-order chi connectivity index (χ1) is 15.1. The molecule has 0 amide bonds. The van der Waals surface area contributed by atoms with E-state index in [1.54, 1.807) is 6.07 Å². The van der Waals surface area contributed by atoms with Crippen LogP contribution in [-0.2, 0) is 28.1 Å². The summed E-state index contributed by atoms with van der Waals surface area (Å²) in [6, 6.07) is 10.1. The number of hydrogen-bond acceptors (Lipinski definition) is 5. The Morgan fingerprint density at radius 2 is 1.72 bits per heavy atom. The standard InChI is InChI=1S/C23H30F3NO4P/c1-16-10-17(2)12-19(11-16)4-3-9-30-21-6-5-18(13-20(21)23(24,25)26)7-8-22(27,14-28)15-31-32-29/h5-6,10-13,28,32H,3-4,7-9,14-15,27H2,1-2H3/q+1. The van der Waals surface area contributed by atoms with E-state index in [0.29, 0.717) is 18.4 Å². The van der Waals surface area contributed by atoms with Crippen molar-refractivity contribution < 1.29 is 32.1 Å². The number of alkyl halides is 3. The molecule has 2 rings (SSSR count). The van der Waals surface area contributed by atoms with E-state index >= 15 is 0 Å². The number of aliphatic hydroxyl groups is 1. The van der Waals surface area contributed by atoms with E-state index < -0.39 is 32.6 Å². The van der Waals surface area contributed by atoms with Crippen molar-refractivity contribution in [2.75, 3.05) is 19.8 Å². The van der Waals surface area contributed by atoms with E-state index in [1.165, 1.54) is 6.07 Å². The Hall–Kier alpha value is -1.99. The second-order valence-electron chi connectivity index (χ2n) is 8.17. The van der Waals surface area contributed by atoms with Crippen LogP contribution in [-0.4, -0.2) is 30.5 Å². The van der Waals surface area contributed by atoms with Crippen molar-refractivity contribution in [2.24, 2.45) is 5.73 Å². The highest BCUT2D eigenvalue weighted by Crippen LogP contribution is 2.37. The predicted octanol–water partition coefficient (Wildman–Crippen LogP) is 4.91. The molecule has 0 aliphatic carbocycles. The number of benzene rings is 2. The molecule has 0 aliphatic heterocycles. The molecule has 0 radical (unpaired) electrons. The zero-order valence-electron chi connectivity index (χ0n) is 18.3. The number of aryl methyl sites for hydroxylation is 4. The van der Waals surface area contributed by atoms with Crippen LogP contribution in [0.1, 0.15) is 40.7 Å². The molecule has 2 aromatic carbocycles. The van der Waals surface area contributed by atoms with Crippen molar-refractivity contribution in [3.05, 3.63) is 64.2 Å². The molecule has 2 atom stereocenters. The molecular weight excluding hydrogens is 442 g/mol. The van der Waals surface area contributed by atoms with Crippen LogP contribution in [0.3, 0.4) is 0 Å². The highest BCUT2D eigenvalue weighted by atomic mass is 31.1. The average molecular weight is 472 g/mol. The molecule has 5 nitrogen and oxygen atoms in total. The first-order valence-electron chi connectivity index (χ1n) is 10.3. The molecule has 3 N–H and O–H groups in total. The molecule has 0 aromatic heterocycles. The maximum atomic E-state index is 13.6. The molecule has 2 aromatic rings. The molecule has 2 unspecified atom stereocenters. The predicted molar refractivity (Wildman–Crippen MR) is 118 cm³/mol. The molecule has 0 fully saturated rings. The maximum absolute atomic E-state index is 13.6. The second-order valence-corrected chi connectivity index (χ2v) is 8.62.